The highest BCUT2D eigenvalue weighted by atomic mass is 35.5. The monoisotopic (exact) mass is 459 g/mol. The van der Waals surface area contributed by atoms with Crippen molar-refractivity contribution >= 4 is 57.4 Å². The molecule has 2 aromatic carbocycles. The maximum atomic E-state index is 13.8. The predicted molar refractivity (Wildman–Crippen MR) is 122 cm³/mol. The molecule has 1 saturated carbocycles. The Balaban J connectivity index is 1.70. The van der Waals surface area contributed by atoms with Gasteiger partial charge in [-0.3, -0.25) is 4.79 Å². The van der Waals surface area contributed by atoms with Crippen LogP contribution in [0.4, 0.5) is 5.69 Å². The number of nitrogens with one attached hydrogen (secondary N) is 1. The third kappa shape index (κ3) is 2.39. The zero-order chi connectivity index (χ0) is 21.5. The molecule has 1 heterocycles. The standard InChI is InChI=1S/C23H20Cl3N3O/c1-21(2)22(3)8-9-23(21,20(30)27-13-6-4-12(24)5-7-13)19-18(22)28-16-10-14(25)15(26)11-17(16)29-19/h4-7,10-11H,8-9H2,1-3H3,(H,27,30). The topological polar surface area (TPSA) is 54.9 Å². The summed E-state index contributed by atoms with van der Waals surface area (Å²) in [5.41, 5.74) is 2.25. The Hall–Kier alpha value is -1.88. The van der Waals surface area contributed by atoms with Crippen LogP contribution >= 0.6 is 34.8 Å². The molecule has 2 bridgehead atoms. The number of carbonyl (C=O) groups is 1. The molecule has 0 spiro atoms. The summed E-state index contributed by atoms with van der Waals surface area (Å²) in [7, 11) is 0. The minimum Gasteiger partial charge on any atom is -0.325 e. The highest BCUT2D eigenvalue weighted by molar-refractivity contribution is 6.42. The summed E-state index contributed by atoms with van der Waals surface area (Å²) in [6.07, 6.45) is 1.58. The summed E-state index contributed by atoms with van der Waals surface area (Å²) in [6, 6.07) is 10.6. The molecule has 2 atom stereocenters. The molecule has 0 aliphatic heterocycles. The third-order valence-electron chi connectivity index (χ3n) is 7.57. The maximum Gasteiger partial charge on any atom is 0.237 e. The van der Waals surface area contributed by atoms with Crippen molar-refractivity contribution in [2.45, 2.75) is 44.4 Å². The van der Waals surface area contributed by atoms with Crippen LogP contribution in [0, 0.1) is 5.41 Å². The lowest BCUT2D eigenvalue weighted by Crippen LogP contribution is -2.48. The molecule has 5 rings (SSSR count). The fourth-order valence-corrected chi connectivity index (χ4v) is 5.81. The molecular formula is C23H20Cl3N3O. The number of hydrogen-bond donors (Lipinski definition) is 1. The first-order chi connectivity index (χ1) is 14.1. The van der Waals surface area contributed by atoms with Crippen molar-refractivity contribution in [3.05, 3.63) is 62.9 Å². The van der Waals surface area contributed by atoms with Gasteiger partial charge in [-0.05, 0) is 54.7 Å². The molecular weight excluding hydrogens is 441 g/mol. The number of amides is 1. The van der Waals surface area contributed by atoms with Crippen molar-refractivity contribution in [3.63, 3.8) is 0 Å². The van der Waals surface area contributed by atoms with Crippen molar-refractivity contribution in [2.75, 3.05) is 5.32 Å². The summed E-state index contributed by atoms with van der Waals surface area (Å²) < 4.78 is 0. The first kappa shape index (κ1) is 20.0. The predicted octanol–water partition coefficient (Wildman–Crippen LogP) is 6.56. The Morgan fingerprint density at radius 3 is 2.07 bits per heavy atom. The van der Waals surface area contributed by atoms with E-state index in [0.717, 1.165) is 17.8 Å². The summed E-state index contributed by atoms with van der Waals surface area (Å²) >= 11 is 18.4. The molecule has 30 heavy (non-hydrogen) atoms. The molecule has 1 amide bonds. The smallest absolute Gasteiger partial charge is 0.237 e. The lowest BCUT2D eigenvalue weighted by atomic mass is 9.63. The van der Waals surface area contributed by atoms with Crippen molar-refractivity contribution in [1.82, 2.24) is 9.97 Å². The molecule has 0 radical (unpaired) electrons. The van der Waals surface area contributed by atoms with Gasteiger partial charge < -0.3 is 5.32 Å². The highest BCUT2D eigenvalue weighted by Gasteiger charge is 2.73. The van der Waals surface area contributed by atoms with E-state index in [-0.39, 0.29) is 16.7 Å². The Morgan fingerprint density at radius 1 is 0.900 bits per heavy atom. The van der Waals surface area contributed by atoms with Gasteiger partial charge in [0.05, 0.1) is 37.9 Å². The van der Waals surface area contributed by atoms with E-state index < -0.39 is 5.41 Å². The molecule has 2 aliphatic rings. The number of halogens is 3. The summed E-state index contributed by atoms with van der Waals surface area (Å²) in [5, 5.41) is 4.59. The van der Waals surface area contributed by atoms with E-state index in [2.05, 4.69) is 26.1 Å². The van der Waals surface area contributed by atoms with E-state index in [4.69, 9.17) is 44.8 Å². The number of aromatic nitrogens is 2. The van der Waals surface area contributed by atoms with E-state index in [9.17, 15) is 4.79 Å². The molecule has 3 aromatic rings. The number of hydrogen-bond acceptors (Lipinski definition) is 3. The molecule has 0 saturated heterocycles. The van der Waals surface area contributed by atoms with Gasteiger partial charge in [-0.2, -0.15) is 0 Å². The number of anilines is 1. The first-order valence-corrected chi connectivity index (χ1v) is 11.0. The molecule has 4 nitrogen and oxygen atoms in total. The van der Waals surface area contributed by atoms with Gasteiger partial charge in [-0.25, -0.2) is 9.97 Å². The second-order valence-corrected chi connectivity index (χ2v) is 10.3. The van der Waals surface area contributed by atoms with Gasteiger partial charge in [-0.15, -0.1) is 0 Å². The number of carbonyl (C=O) groups excluding carboxylic acids is 1. The van der Waals surface area contributed by atoms with E-state index in [1.807, 2.05) is 12.1 Å². The number of nitrogens with zero attached hydrogens (tertiary/aromatic N) is 2. The summed E-state index contributed by atoms with van der Waals surface area (Å²) in [5.74, 6) is -0.0639. The average Bonchev–Trinajstić information content (AvgIpc) is 2.99. The van der Waals surface area contributed by atoms with Crippen molar-refractivity contribution in [1.29, 1.82) is 0 Å². The van der Waals surface area contributed by atoms with E-state index in [0.29, 0.717) is 38.2 Å². The third-order valence-corrected chi connectivity index (χ3v) is 8.54. The molecule has 7 heteroatoms. The SMILES string of the molecule is CC12CCC(C(=O)Nc3ccc(Cl)cc3)(c3nc4cc(Cl)c(Cl)cc4nc31)C2(C)C. The Kier molecular flexibility index (Phi) is 4.22. The van der Waals surface area contributed by atoms with E-state index >= 15 is 0 Å². The number of rotatable bonds is 2. The van der Waals surface area contributed by atoms with Crippen molar-refractivity contribution in [2.24, 2.45) is 5.41 Å². The van der Waals surface area contributed by atoms with Crippen molar-refractivity contribution in [3.8, 4) is 0 Å². The van der Waals surface area contributed by atoms with E-state index in [1.54, 1.807) is 24.3 Å². The molecule has 2 aliphatic carbocycles. The van der Waals surface area contributed by atoms with Gasteiger partial charge in [0.1, 0.15) is 0 Å². The van der Waals surface area contributed by atoms with Crippen LogP contribution in [0.25, 0.3) is 11.0 Å². The Morgan fingerprint density at radius 2 is 1.47 bits per heavy atom. The van der Waals surface area contributed by atoms with Crippen LogP contribution in [0.2, 0.25) is 15.1 Å². The lowest BCUT2D eigenvalue weighted by molar-refractivity contribution is -0.125. The molecule has 154 valence electrons. The van der Waals surface area contributed by atoms with Crippen molar-refractivity contribution < 1.29 is 4.79 Å². The molecule has 1 N–H and O–H groups in total. The normalized spacial score (nSPS) is 26.1. The van der Waals surface area contributed by atoms with Crippen LogP contribution in [-0.4, -0.2) is 15.9 Å². The Labute approximate surface area is 190 Å². The van der Waals surface area contributed by atoms with Gasteiger partial charge >= 0.3 is 0 Å². The quantitative estimate of drug-likeness (QED) is 0.471. The van der Waals surface area contributed by atoms with Crippen LogP contribution in [0.5, 0.6) is 0 Å². The zero-order valence-corrected chi connectivity index (χ0v) is 19.1. The minimum absolute atomic E-state index is 0.0639. The van der Waals surface area contributed by atoms with E-state index in [1.165, 1.54) is 0 Å². The second-order valence-electron chi connectivity index (χ2n) is 9.00. The zero-order valence-electron chi connectivity index (χ0n) is 16.8. The van der Waals surface area contributed by atoms with Crippen LogP contribution in [-0.2, 0) is 15.6 Å². The van der Waals surface area contributed by atoms with Crippen LogP contribution < -0.4 is 5.32 Å². The van der Waals surface area contributed by atoms with Crippen LogP contribution in [0.15, 0.2) is 36.4 Å². The number of benzene rings is 2. The van der Waals surface area contributed by atoms with Gasteiger partial charge in [0.15, 0.2) is 0 Å². The molecule has 2 unspecified atom stereocenters. The second kappa shape index (κ2) is 6.32. The van der Waals surface area contributed by atoms with Gasteiger partial charge in [0.25, 0.3) is 0 Å². The van der Waals surface area contributed by atoms with Crippen LogP contribution in [0.1, 0.15) is 45.0 Å². The van der Waals surface area contributed by atoms with Gasteiger partial charge in [0, 0.05) is 16.1 Å². The van der Waals surface area contributed by atoms with Gasteiger partial charge in [0.2, 0.25) is 5.91 Å². The summed E-state index contributed by atoms with van der Waals surface area (Å²) in [4.78, 5) is 23.7. The average molecular weight is 461 g/mol. The van der Waals surface area contributed by atoms with Crippen LogP contribution in [0.3, 0.4) is 0 Å². The molecule has 1 fully saturated rings. The van der Waals surface area contributed by atoms with Gasteiger partial charge in [-0.1, -0.05) is 55.6 Å². The maximum absolute atomic E-state index is 13.8. The lowest BCUT2D eigenvalue weighted by Gasteiger charge is -2.39. The fourth-order valence-electron chi connectivity index (χ4n) is 5.37. The first-order valence-electron chi connectivity index (χ1n) is 9.85. The fraction of sp³-hybridized carbons (Fsp3) is 0.348. The largest absolute Gasteiger partial charge is 0.325 e. The highest BCUT2D eigenvalue weighted by Crippen LogP contribution is 2.70. The molecule has 1 aromatic heterocycles. The minimum atomic E-state index is -0.788. The Bertz CT molecular complexity index is 1220. The number of fused-ring (bicyclic) bond motifs is 6. The summed E-state index contributed by atoms with van der Waals surface area (Å²) in [6.45, 7) is 6.49.